The minimum atomic E-state index is -3.83. The van der Waals surface area contributed by atoms with E-state index in [1.54, 1.807) is 62.4 Å². The molecule has 3 rings (SSSR count). The van der Waals surface area contributed by atoms with E-state index in [9.17, 15) is 18.0 Å². The maximum absolute atomic E-state index is 13.5. The standard InChI is InChI=1S/C28H32ClN3O5S/c1-4-30-28(34)21(2)31(18-23-12-8-9-13-26(23)29)27(33)19-32(38(3,35)36)24-14-16-25(17-15-24)37-20-22-10-6-5-7-11-22/h5-17,21H,4,18-20H2,1-3H3,(H,30,34). The molecule has 38 heavy (non-hydrogen) atoms. The summed E-state index contributed by atoms with van der Waals surface area (Å²) in [6.45, 7) is 3.69. The van der Waals surface area contributed by atoms with Crippen molar-refractivity contribution in [3.63, 3.8) is 0 Å². The van der Waals surface area contributed by atoms with Crippen molar-refractivity contribution in [3.05, 3.63) is 95.0 Å². The summed E-state index contributed by atoms with van der Waals surface area (Å²) in [6.07, 6.45) is 1.03. The SMILES string of the molecule is CCNC(=O)C(C)N(Cc1ccccc1Cl)C(=O)CN(c1ccc(OCc2ccccc2)cc1)S(C)(=O)=O. The molecule has 0 aliphatic rings. The van der Waals surface area contributed by atoms with Crippen LogP contribution in [-0.4, -0.2) is 50.5 Å². The molecule has 1 atom stereocenters. The van der Waals surface area contributed by atoms with Crippen LogP contribution >= 0.6 is 11.6 Å². The number of ether oxygens (including phenoxy) is 1. The number of carbonyl (C=O) groups excluding carboxylic acids is 2. The minimum absolute atomic E-state index is 0.0423. The van der Waals surface area contributed by atoms with Crippen LogP contribution in [-0.2, 0) is 32.8 Å². The van der Waals surface area contributed by atoms with Crippen LogP contribution in [0.3, 0.4) is 0 Å². The Bertz CT molecular complexity index is 1330. The van der Waals surface area contributed by atoms with Gasteiger partial charge in [-0.15, -0.1) is 0 Å². The predicted molar refractivity (Wildman–Crippen MR) is 150 cm³/mol. The summed E-state index contributed by atoms with van der Waals surface area (Å²) in [7, 11) is -3.83. The summed E-state index contributed by atoms with van der Waals surface area (Å²) in [4.78, 5) is 27.5. The van der Waals surface area contributed by atoms with Crippen molar-refractivity contribution in [2.45, 2.75) is 33.0 Å². The Morgan fingerprint density at radius 1 is 0.974 bits per heavy atom. The van der Waals surface area contributed by atoms with Gasteiger partial charge in [-0.05, 0) is 55.3 Å². The van der Waals surface area contributed by atoms with Gasteiger partial charge in [0.25, 0.3) is 0 Å². The highest BCUT2D eigenvalue weighted by atomic mass is 35.5. The van der Waals surface area contributed by atoms with Gasteiger partial charge < -0.3 is 15.0 Å². The molecule has 1 N–H and O–H groups in total. The average Bonchev–Trinajstić information content (AvgIpc) is 2.90. The van der Waals surface area contributed by atoms with Crippen molar-refractivity contribution in [3.8, 4) is 5.75 Å². The highest BCUT2D eigenvalue weighted by Gasteiger charge is 2.30. The van der Waals surface area contributed by atoms with Crippen LogP contribution in [0.25, 0.3) is 0 Å². The Morgan fingerprint density at radius 3 is 2.21 bits per heavy atom. The van der Waals surface area contributed by atoms with Gasteiger partial charge in [-0.25, -0.2) is 8.42 Å². The number of rotatable bonds is 12. The van der Waals surface area contributed by atoms with Gasteiger partial charge in [-0.1, -0.05) is 60.1 Å². The lowest BCUT2D eigenvalue weighted by Gasteiger charge is -2.31. The molecule has 0 aliphatic heterocycles. The lowest BCUT2D eigenvalue weighted by molar-refractivity contribution is -0.139. The van der Waals surface area contributed by atoms with Gasteiger partial charge in [0.1, 0.15) is 24.9 Å². The molecule has 0 saturated heterocycles. The molecule has 1 unspecified atom stereocenters. The maximum Gasteiger partial charge on any atom is 0.244 e. The van der Waals surface area contributed by atoms with E-state index in [0.717, 1.165) is 16.1 Å². The molecule has 0 aliphatic carbocycles. The zero-order valence-corrected chi connectivity index (χ0v) is 23.2. The number of halogens is 1. The van der Waals surface area contributed by atoms with E-state index in [1.165, 1.54) is 4.90 Å². The number of sulfonamides is 1. The summed E-state index contributed by atoms with van der Waals surface area (Å²) < 4.78 is 32.3. The maximum atomic E-state index is 13.5. The van der Waals surface area contributed by atoms with Gasteiger partial charge in [0.15, 0.2) is 0 Å². The number of carbonyl (C=O) groups is 2. The molecular formula is C28H32ClN3O5S. The zero-order valence-electron chi connectivity index (χ0n) is 21.6. The molecule has 0 bridgehead atoms. The molecule has 10 heteroatoms. The van der Waals surface area contributed by atoms with Gasteiger partial charge in [0, 0.05) is 18.1 Å². The lowest BCUT2D eigenvalue weighted by atomic mass is 10.1. The largest absolute Gasteiger partial charge is 0.489 e. The van der Waals surface area contributed by atoms with Crippen LogP contribution < -0.4 is 14.4 Å². The van der Waals surface area contributed by atoms with Gasteiger partial charge >= 0.3 is 0 Å². The fourth-order valence-corrected chi connectivity index (χ4v) is 4.82. The van der Waals surface area contributed by atoms with Crippen molar-refractivity contribution in [2.24, 2.45) is 0 Å². The molecule has 0 spiro atoms. The van der Waals surface area contributed by atoms with Gasteiger partial charge in [-0.3, -0.25) is 13.9 Å². The fourth-order valence-electron chi connectivity index (χ4n) is 3.78. The molecule has 3 aromatic rings. The molecule has 0 heterocycles. The first-order valence-electron chi connectivity index (χ1n) is 12.1. The summed E-state index contributed by atoms with van der Waals surface area (Å²) in [5, 5.41) is 3.16. The van der Waals surface area contributed by atoms with Crippen molar-refractivity contribution in [1.29, 1.82) is 0 Å². The van der Waals surface area contributed by atoms with Crippen molar-refractivity contribution in [2.75, 3.05) is 23.7 Å². The molecule has 202 valence electrons. The Hall–Kier alpha value is -3.56. The molecule has 0 fully saturated rings. The summed E-state index contributed by atoms with van der Waals surface area (Å²) in [5.41, 5.74) is 1.94. The molecule has 0 aromatic heterocycles. The second-order valence-electron chi connectivity index (χ2n) is 8.72. The minimum Gasteiger partial charge on any atom is -0.489 e. The molecular weight excluding hydrogens is 526 g/mol. The van der Waals surface area contributed by atoms with E-state index in [0.29, 0.717) is 35.2 Å². The van der Waals surface area contributed by atoms with Crippen LogP contribution in [0, 0.1) is 0 Å². The normalized spacial score (nSPS) is 11.9. The van der Waals surface area contributed by atoms with Gasteiger partial charge in [0.2, 0.25) is 21.8 Å². The Balaban J connectivity index is 1.82. The first-order valence-corrected chi connectivity index (χ1v) is 14.4. The van der Waals surface area contributed by atoms with E-state index >= 15 is 0 Å². The highest BCUT2D eigenvalue weighted by Crippen LogP contribution is 2.24. The quantitative estimate of drug-likeness (QED) is 0.359. The zero-order chi connectivity index (χ0) is 27.7. The summed E-state index contributed by atoms with van der Waals surface area (Å²) in [6, 6.07) is 22.3. The molecule has 8 nitrogen and oxygen atoms in total. The third-order valence-electron chi connectivity index (χ3n) is 5.87. The lowest BCUT2D eigenvalue weighted by Crippen LogP contribution is -2.51. The van der Waals surface area contributed by atoms with Crippen LogP contribution in [0.5, 0.6) is 5.75 Å². The van der Waals surface area contributed by atoms with E-state index in [-0.39, 0.29) is 12.5 Å². The van der Waals surface area contributed by atoms with Gasteiger partial charge in [-0.2, -0.15) is 0 Å². The van der Waals surface area contributed by atoms with Crippen molar-refractivity contribution < 1.29 is 22.7 Å². The Labute approximate surface area is 229 Å². The van der Waals surface area contributed by atoms with Crippen LogP contribution in [0.4, 0.5) is 5.69 Å². The number of benzene rings is 3. The van der Waals surface area contributed by atoms with E-state index in [2.05, 4.69) is 5.32 Å². The van der Waals surface area contributed by atoms with Crippen molar-refractivity contribution >= 4 is 39.1 Å². The fraction of sp³-hybridized carbons (Fsp3) is 0.286. The number of amides is 2. The van der Waals surface area contributed by atoms with E-state index in [4.69, 9.17) is 16.3 Å². The van der Waals surface area contributed by atoms with Crippen LogP contribution in [0.15, 0.2) is 78.9 Å². The summed E-state index contributed by atoms with van der Waals surface area (Å²) in [5.74, 6) is -0.334. The van der Waals surface area contributed by atoms with E-state index in [1.807, 2.05) is 30.3 Å². The van der Waals surface area contributed by atoms with Crippen LogP contribution in [0.1, 0.15) is 25.0 Å². The number of hydrogen-bond donors (Lipinski definition) is 1. The third-order valence-corrected chi connectivity index (χ3v) is 7.38. The second-order valence-corrected chi connectivity index (χ2v) is 11.0. The predicted octanol–water partition coefficient (Wildman–Crippen LogP) is 4.24. The first kappa shape index (κ1) is 29.0. The summed E-state index contributed by atoms with van der Waals surface area (Å²) >= 11 is 6.32. The Kier molecular flexibility index (Phi) is 10.2. The topological polar surface area (TPSA) is 96.0 Å². The third kappa shape index (κ3) is 7.97. The molecule has 2 amide bonds. The second kappa shape index (κ2) is 13.3. The molecule has 0 radical (unpaired) electrons. The Morgan fingerprint density at radius 2 is 1.61 bits per heavy atom. The smallest absolute Gasteiger partial charge is 0.244 e. The first-order chi connectivity index (χ1) is 18.1. The number of likely N-dealkylation sites (N-methyl/N-ethyl adjacent to an activating group) is 1. The number of nitrogens with one attached hydrogen (secondary N) is 1. The van der Waals surface area contributed by atoms with Crippen LogP contribution in [0.2, 0.25) is 5.02 Å². The van der Waals surface area contributed by atoms with E-state index < -0.39 is 28.5 Å². The van der Waals surface area contributed by atoms with Crippen molar-refractivity contribution in [1.82, 2.24) is 10.2 Å². The van der Waals surface area contributed by atoms with Gasteiger partial charge in [0.05, 0.1) is 11.9 Å². The number of hydrogen-bond acceptors (Lipinski definition) is 5. The monoisotopic (exact) mass is 557 g/mol. The molecule has 0 saturated carbocycles. The highest BCUT2D eigenvalue weighted by molar-refractivity contribution is 7.92. The number of anilines is 1. The average molecular weight is 558 g/mol. The number of nitrogens with zero attached hydrogens (tertiary/aromatic N) is 2. The molecule has 3 aromatic carbocycles.